The van der Waals surface area contributed by atoms with E-state index in [1.807, 2.05) is 0 Å². The van der Waals surface area contributed by atoms with E-state index in [4.69, 9.17) is 0 Å². The Hall–Kier alpha value is -1.08. The third-order valence-corrected chi connectivity index (χ3v) is 5.94. The lowest BCUT2D eigenvalue weighted by molar-refractivity contribution is -0.385. The highest BCUT2D eigenvalue weighted by Gasteiger charge is 2.74. The zero-order valence-electron chi connectivity index (χ0n) is 13.2. The topological polar surface area (TPSA) is 43.1 Å². The van der Waals surface area contributed by atoms with E-state index in [1.165, 1.54) is 12.1 Å². The van der Waals surface area contributed by atoms with Gasteiger partial charge in [-0.2, -0.15) is 30.7 Å². The first-order valence-corrected chi connectivity index (χ1v) is 9.54. The highest BCUT2D eigenvalue weighted by Crippen LogP contribution is 2.60. The monoisotopic (exact) mass is 557 g/mol. The number of para-hydroxylation sites is 1. The fourth-order valence-electron chi connectivity index (χ4n) is 2.44. The zero-order valence-corrected chi connectivity index (χ0v) is 17.2. The summed E-state index contributed by atoms with van der Waals surface area (Å²) in [4.78, 5) is 10.4. The molecule has 0 amide bonds. The maximum Gasteiger partial charge on any atom is 0.460 e. The lowest BCUT2D eigenvalue weighted by atomic mass is 9.92. The van der Waals surface area contributed by atoms with E-state index in [9.17, 15) is 40.8 Å². The van der Waals surface area contributed by atoms with Crippen molar-refractivity contribution in [2.75, 3.05) is 0 Å². The van der Waals surface area contributed by atoms with E-state index in [0.717, 1.165) is 24.3 Å². The maximum absolute atomic E-state index is 14.2. The molecule has 13 heteroatoms. The molecule has 2 rings (SSSR count). The Bertz CT molecular complexity index is 837. The van der Waals surface area contributed by atoms with Gasteiger partial charge in [-0.15, -0.1) is 0 Å². The third-order valence-electron chi connectivity index (χ3n) is 3.62. The van der Waals surface area contributed by atoms with Crippen molar-refractivity contribution in [1.29, 1.82) is 0 Å². The van der Waals surface area contributed by atoms with E-state index >= 15 is 0 Å². The number of rotatable bonds is 5. The molecule has 1 aromatic rings. The molecule has 0 N–H and O–H groups in total. The van der Waals surface area contributed by atoms with Crippen LogP contribution in [0, 0.1) is 10.1 Å². The zero-order chi connectivity index (χ0) is 21.5. The number of halogens is 9. The second kappa shape index (κ2) is 7.63. The van der Waals surface area contributed by atoms with Gasteiger partial charge in [0.25, 0.3) is 5.69 Å². The molecule has 0 saturated carbocycles. The summed E-state index contributed by atoms with van der Waals surface area (Å²) in [6, 6.07) is 4.40. The molecular formula is C15H8Br2F7NO2S. The summed E-state index contributed by atoms with van der Waals surface area (Å²) in [5.74, 6) is -6.38. The average molecular weight is 559 g/mol. The molecule has 1 aliphatic rings. The van der Waals surface area contributed by atoms with Crippen LogP contribution in [0.15, 0.2) is 45.4 Å². The first-order chi connectivity index (χ1) is 12.6. The summed E-state index contributed by atoms with van der Waals surface area (Å²) in [6.45, 7) is 0. The molecule has 0 aromatic heterocycles. The minimum Gasteiger partial charge on any atom is -0.258 e. The van der Waals surface area contributed by atoms with E-state index in [2.05, 4.69) is 31.9 Å². The van der Waals surface area contributed by atoms with E-state index in [0.29, 0.717) is 0 Å². The SMILES string of the molecule is O=[N+]([O-])c1ccccc1C1(SC(F)(F)C(F)(F)C(F)(F)F)C=C(Br)CC(Br)=C1. The quantitative estimate of drug-likeness (QED) is 0.217. The van der Waals surface area contributed by atoms with Crippen LogP contribution < -0.4 is 0 Å². The largest absolute Gasteiger partial charge is 0.460 e. The molecule has 0 aliphatic heterocycles. The summed E-state index contributed by atoms with van der Waals surface area (Å²) >= 11 is 5.00. The number of nitrogens with zero attached hydrogens (tertiary/aromatic N) is 1. The first-order valence-electron chi connectivity index (χ1n) is 7.14. The summed E-state index contributed by atoms with van der Waals surface area (Å²) < 4.78 is 91.1. The van der Waals surface area contributed by atoms with Crippen LogP contribution in [-0.2, 0) is 4.75 Å². The molecule has 0 saturated heterocycles. The molecule has 1 aromatic carbocycles. The Labute approximate surface area is 174 Å². The Kier molecular flexibility index (Phi) is 6.33. The highest BCUT2D eigenvalue weighted by molar-refractivity contribution is 9.12. The number of allylic oxidation sites excluding steroid dienone is 2. The van der Waals surface area contributed by atoms with Gasteiger partial charge in [-0.3, -0.25) is 10.1 Å². The van der Waals surface area contributed by atoms with Gasteiger partial charge in [0, 0.05) is 12.5 Å². The number of nitro groups is 1. The molecule has 0 heterocycles. The van der Waals surface area contributed by atoms with Crippen molar-refractivity contribution < 1.29 is 35.7 Å². The lowest BCUT2D eigenvalue weighted by Crippen LogP contribution is -2.51. The number of hydrogen-bond donors (Lipinski definition) is 0. The Morgan fingerprint density at radius 3 is 1.96 bits per heavy atom. The Morgan fingerprint density at radius 1 is 1.00 bits per heavy atom. The minimum atomic E-state index is -6.52. The van der Waals surface area contributed by atoms with Gasteiger partial charge in [0.1, 0.15) is 0 Å². The van der Waals surface area contributed by atoms with Crippen molar-refractivity contribution in [2.45, 2.75) is 28.5 Å². The summed E-state index contributed by atoms with van der Waals surface area (Å²) in [5.41, 5.74) is -1.19. The Balaban J connectivity index is 2.74. The molecule has 1 aliphatic carbocycles. The molecule has 0 atom stereocenters. The van der Waals surface area contributed by atoms with Crippen LogP contribution >= 0.6 is 43.6 Å². The van der Waals surface area contributed by atoms with Crippen LogP contribution in [0.4, 0.5) is 36.4 Å². The van der Waals surface area contributed by atoms with Crippen molar-refractivity contribution in [3.63, 3.8) is 0 Å². The van der Waals surface area contributed by atoms with Gasteiger partial charge in [0.15, 0.2) is 0 Å². The van der Waals surface area contributed by atoms with Gasteiger partial charge in [0.2, 0.25) is 0 Å². The molecule has 0 spiro atoms. The number of benzene rings is 1. The van der Waals surface area contributed by atoms with E-state index in [1.54, 1.807) is 0 Å². The number of alkyl halides is 7. The first kappa shape index (κ1) is 23.2. The van der Waals surface area contributed by atoms with Crippen LogP contribution in [0.5, 0.6) is 0 Å². The molecule has 0 bridgehead atoms. The van der Waals surface area contributed by atoms with E-state index in [-0.39, 0.29) is 15.4 Å². The smallest absolute Gasteiger partial charge is 0.258 e. The average Bonchev–Trinajstić information content (AvgIpc) is 2.52. The third kappa shape index (κ3) is 4.25. The molecular weight excluding hydrogens is 551 g/mol. The van der Waals surface area contributed by atoms with E-state index < -0.39 is 50.0 Å². The predicted octanol–water partition coefficient (Wildman–Crippen LogP) is 7.28. The molecule has 28 heavy (non-hydrogen) atoms. The predicted molar refractivity (Wildman–Crippen MR) is 97.0 cm³/mol. The van der Waals surface area contributed by atoms with Crippen LogP contribution in [0.1, 0.15) is 12.0 Å². The van der Waals surface area contributed by atoms with Crippen molar-refractivity contribution in [3.8, 4) is 0 Å². The number of nitro benzene ring substituents is 1. The normalized spacial score (nSPS) is 17.8. The highest BCUT2D eigenvalue weighted by atomic mass is 79.9. The summed E-state index contributed by atoms with van der Waals surface area (Å²) in [7, 11) is 0. The second-order valence-corrected chi connectivity index (χ2v) is 9.05. The van der Waals surface area contributed by atoms with Gasteiger partial charge < -0.3 is 0 Å². The summed E-state index contributed by atoms with van der Waals surface area (Å²) in [6.07, 6.45) is -4.52. The molecule has 154 valence electrons. The fourth-order valence-corrected chi connectivity index (χ4v) is 5.80. The minimum absolute atomic E-state index is 0.101. The van der Waals surface area contributed by atoms with Crippen molar-refractivity contribution >= 4 is 49.3 Å². The van der Waals surface area contributed by atoms with Gasteiger partial charge in [-0.05, 0) is 21.1 Å². The lowest BCUT2D eigenvalue weighted by Gasteiger charge is -2.36. The van der Waals surface area contributed by atoms with Crippen molar-refractivity contribution in [3.05, 3.63) is 61.1 Å². The number of thioether (sulfide) groups is 1. The fraction of sp³-hybridized carbons (Fsp3) is 0.333. The van der Waals surface area contributed by atoms with Crippen molar-refractivity contribution in [1.82, 2.24) is 0 Å². The second-order valence-electron chi connectivity index (χ2n) is 5.62. The van der Waals surface area contributed by atoms with Gasteiger partial charge in [-0.1, -0.05) is 61.8 Å². The molecule has 0 fully saturated rings. The van der Waals surface area contributed by atoms with Crippen LogP contribution in [0.2, 0.25) is 0 Å². The standard InChI is InChI=1S/C15H8Br2F7NO2S/c16-8-5-9(17)7-12(6-8,10-3-1-2-4-11(10)25(26)27)28-15(23,24)13(18,19)14(20,21)22/h1-4,6-7H,5H2. The van der Waals surface area contributed by atoms with Crippen molar-refractivity contribution in [2.24, 2.45) is 0 Å². The summed E-state index contributed by atoms with van der Waals surface area (Å²) in [5, 5.41) is 5.67. The van der Waals surface area contributed by atoms with Gasteiger partial charge in [-0.25, -0.2) is 0 Å². The molecule has 3 nitrogen and oxygen atoms in total. The maximum atomic E-state index is 14.2. The number of hydrogen-bond acceptors (Lipinski definition) is 3. The molecule has 0 unspecified atom stereocenters. The van der Waals surface area contributed by atoms with Crippen LogP contribution in [0.3, 0.4) is 0 Å². The molecule has 0 radical (unpaired) electrons. The van der Waals surface area contributed by atoms with Crippen LogP contribution in [0.25, 0.3) is 0 Å². The Morgan fingerprint density at radius 2 is 1.50 bits per heavy atom. The van der Waals surface area contributed by atoms with Crippen LogP contribution in [-0.4, -0.2) is 22.3 Å². The van der Waals surface area contributed by atoms with Gasteiger partial charge in [0.05, 0.1) is 15.2 Å². The van der Waals surface area contributed by atoms with Gasteiger partial charge >= 0.3 is 17.4 Å².